The molecule has 0 bridgehead atoms. The van der Waals surface area contributed by atoms with Crippen molar-refractivity contribution >= 4 is 16.1 Å². The van der Waals surface area contributed by atoms with Crippen molar-refractivity contribution in [1.82, 2.24) is 10.2 Å². The highest BCUT2D eigenvalue weighted by atomic mass is 32.2. The van der Waals surface area contributed by atoms with E-state index < -0.39 is 33.9 Å². The minimum Gasteiger partial charge on any atom is -0.334 e. The van der Waals surface area contributed by atoms with E-state index in [2.05, 4.69) is 9.50 Å². The number of urea groups is 1. The number of hydrogen-bond acceptors (Lipinski definition) is 4. The largest absolute Gasteiger partial charge is 0.416 e. The Hall–Kier alpha value is -1.81. The van der Waals surface area contributed by atoms with Gasteiger partial charge < -0.3 is 10.2 Å². The van der Waals surface area contributed by atoms with E-state index in [1.807, 2.05) is 0 Å². The third-order valence-electron chi connectivity index (χ3n) is 3.68. The molecular formula is C14H17F3N2O4S. The van der Waals surface area contributed by atoms with Gasteiger partial charge in [0.05, 0.1) is 18.4 Å². The molecule has 1 aliphatic heterocycles. The summed E-state index contributed by atoms with van der Waals surface area (Å²) < 4.78 is 64.7. The first-order valence-electron chi connectivity index (χ1n) is 7.10. The number of hydrogen-bond donors (Lipinski definition) is 1. The van der Waals surface area contributed by atoms with E-state index in [4.69, 9.17) is 0 Å². The van der Waals surface area contributed by atoms with Crippen LogP contribution in [0.3, 0.4) is 0 Å². The van der Waals surface area contributed by atoms with E-state index in [1.54, 1.807) is 0 Å². The van der Waals surface area contributed by atoms with Gasteiger partial charge in [0.2, 0.25) is 0 Å². The molecule has 1 aromatic rings. The van der Waals surface area contributed by atoms with Crippen LogP contribution < -0.4 is 5.32 Å². The van der Waals surface area contributed by atoms with Gasteiger partial charge in [0.25, 0.3) is 10.1 Å². The van der Waals surface area contributed by atoms with Crippen LogP contribution >= 0.6 is 0 Å². The lowest BCUT2D eigenvalue weighted by Gasteiger charge is -2.32. The highest BCUT2D eigenvalue weighted by molar-refractivity contribution is 7.86. The zero-order chi connectivity index (χ0) is 18.0. The molecule has 1 saturated heterocycles. The molecule has 1 heterocycles. The van der Waals surface area contributed by atoms with Gasteiger partial charge in [-0.2, -0.15) is 21.6 Å². The number of carbonyl (C=O) groups excluding carboxylic acids is 1. The number of carbonyl (C=O) groups is 1. The first-order chi connectivity index (χ1) is 11.1. The Morgan fingerprint density at radius 2 is 1.92 bits per heavy atom. The zero-order valence-corrected chi connectivity index (χ0v) is 13.7. The minimum absolute atomic E-state index is 0.147. The van der Waals surface area contributed by atoms with Gasteiger partial charge >= 0.3 is 12.2 Å². The Labute approximate surface area is 137 Å². The van der Waals surface area contributed by atoms with Gasteiger partial charge in [-0.15, -0.1) is 0 Å². The van der Waals surface area contributed by atoms with E-state index in [0.29, 0.717) is 18.5 Å². The molecular weight excluding hydrogens is 349 g/mol. The van der Waals surface area contributed by atoms with Crippen molar-refractivity contribution in [1.29, 1.82) is 0 Å². The number of amides is 2. The van der Waals surface area contributed by atoms with Crippen molar-refractivity contribution in [3.05, 3.63) is 35.4 Å². The first-order valence-corrected chi connectivity index (χ1v) is 8.68. The van der Waals surface area contributed by atoms with Crippen LogP contribution in [0.1, 0.15) is 17.5 Å². The highest BCUT2D eigenvalue weighted by Crippen LogP contribution is 2.29. The summed E-state index contributed by atoms with van der Waals surface area (Å²) in [5.74, 6) is -0.316. The van der Waals surface area contributed by atoms with Crippen LogP contribution in [0.15, 0.2) is 24.3 Å². The maximum absolute atomic E-state index is 12.5. The van der Waals surface area contributed by atoms with Gasteiger partial charge in [-0.25, -0.2) is 4.79 Å². The summed E-state index contributed by atoms with van der Waals surface area (Å²) in [6, 6.07) is 3.55. The molecule has 0 spiro atoms. The molecule has 1 aliphatic rings. The standard InChI is InChI=1S/C14H17F3N2O4S/c1-23-24(21,22)9-12-6-7-19(13(20)18-12)8-10-2-4-11(5-3-10)14(15,16)17/h2-5,12H,6-9H2,1H3,(H,18,20)/t12-/m0/s1. The highest BCUT2D eigenvalue weighted by Gasteiger charge is 2.31. The number of benzene rings is 1. The van der Waals surface area contributed by atoms with E-state index >= 15 is 0 Å². The monoisotopic (exact) mass is 366 g/mol. The van der Waals surface area contributed by atoms with Crippen molar-refractivity contribution in [2.24, 2.45) is 0 Å². The molecule has 0 aromatic heterocycles. The smallest absolute Gasteiger partial charge is 0.334 e. The lowest BCUT2D eigenvalue weighted by Crippen LogP contribution is -2.53. The molecule has 1 aromatic carbocycles. The number of nitrogens with one attached hydrogen (secondary N) is 1. The summed E-state index contributed by atoms with van der Waals surface area (Å²) in [7, 11) is -2.62. The Morgan fingerprint density at radius 1 is 1.29 bits per heavy atom. The van der Waals surface area contributed by atoms with E-state index in [1.165, 1.54) is 17.0 Å². The second-order valence-electron chi connectivity index (χ2n) is 5.44. The van der Waals surface area contributed by atoms with Crippen LogP contribution in [-0.4, -0.2) is 44.8 Å². The summed E-state index contributed by atoms with van der Waals surface area (Å²) in [5.41, 5.74) is -0.194. The van der Waals surface area contributed by atoms with Crippen molar-refractivity contribution in [3.8, 4) is 0 Å². The average Bonchev–Trinajstić information content (AvgIpc) is 2.49. The molecule has 1 atom stereocenters. The molecule has 0 saturated carbocycles. The van der Waals surface area contributed by atoms with Gasteiger partial charge in [0.1, 0.15) is 0 Å². The zero-order valence-electron chi connectivity index (χ0n) is 12.8. The SMILES string of the molecule is COS(=O)(=O)C[C@@H]1CCN(Cc2ccc(C(F)(F)F)cc2)C(=O)N1. The second-order valence-corrected chi connectivity index (χ2v) is 7.22. The average molecular weight is 366 g/mol. The summed E-state index contributed by atoms with van der Waals surface area (Å²) in [6.07, 6.45) is -4.00. The normalized spacial score (nSPS) is 19.2. The van der Waals surface area contributed by atoms with E-state index in [-0.39, 0.29) is 12.3 Å². The lowest BCUT2D eigenvalue weighted by molar-refractivity contribution is -0.137. The number of alkyl halides is 3. The molecule has 0 radical (unpaired) electrons. The Balaban J connectivity index is 1.94. The molecule has 10 heteroatoms. The fraction of sp³-hybridized carbons (Fsp3) is 0.500. The molecule has 2 rings (SSSR count). The molecule has 6 nitrogen and oxygen atoms in total. The van der Waals surface area contributed by atoms with E-state index in [9.17, 15) is 26.4 Å². The van der Waals surface area contributed by atoms with Crippen molar-refractivity contribution in [2.75, 3.05) is 19.4 Å². The third kappa shape index (κ3) is 4.84. The topological polar surface area (TPSA) is 75.7 Å². The molecule has 0 aliphatic carbocycles. The maximum Gasteiger partial charge on any atom is 0.416 e. The summed E-state index contributed by atoms with van der Waals surface area (Å²) in [4.78, 5) is 13.4. The third-order valence-corrected chi connectivity index (χ3v) is 4.99. The fourth-order valence-corrected chi connectivity index (χ4v) is 3.24. The maximum atomic E-state index is 12.5. The predicted octanol–water partition coefficient (Wildman–Crippen LogP) is 1.97. The van der Waals surface area contributed by atoms with Gasteiger partial charge in [-0.1, -0.05) is 12.1 Å². The van der Waals surface area contributed by atoms with Crippen LogP contribution in [0, 0.1) is 0 Å². The molecule has 1 fully saturated rings. The first kappa shape index (κ1) is 18.5. The Kier molecular flexibility index (Phi) is 5.38. The van der Waals surface area contributed by atoms with Gasteiger partial charge in [0.15, 0.2) is 0 Å². The number of rotatable bonds is 5. The van der Waals surface area contributed by atoms with Crippen LogP contribution in [-0.2, 0) is 27.0 Å². The van der Waals surface area contributed by atoms with Crippen LogP contribution in [0.25, 0.3) is 0 Å². The molecule has 2 amide bonds. The minimum atomic E-state index is -4.40. The van der Waals surface area contributed by atoms with Crippen molar-refractivity contribution in [3.63, 3.8) is 0 Å². The fourth-order valence-electron chi connectivity index (χ4n) is 2.36. The van der Waals surface area contributed by atoms with Crippen molar-refractivity contribution in [2.45, 2.75) is 25.2 Å². The lowest BCUT2D eigenvalue weighted by atomic mass is 10.1. The van der Waals surface area contributed by atoms with E-state index in [0.717, 1.165) is 19.2 Å². The molecule has 0 unspecified atom stereocenters. The quantitative estimate of drug-likeness (QED) is 0.809. The summed E-state index contributed by atoms with van der Waals surface area (Å²) >= 11 is 0. The van der Waals surface area contributed by atoms with Gasteiger partial charge in [-0.3, -0.25) is 4.18 Å². The van der Waals surface area contributed by atoms with Crippen LogP contribution in [0.5, 0.6) is 0 Å². The Bertz CT molecular complexity index is 689. The molecule has 24 heavy (non-hydrogen) atoms. The van der Waals surface area contributed by atoms with Crippen LogP contribution in [0.2, 0.25) is 0 Å². The molecule has 134 valence electrons. The Morgan fingerprint density at radius 3 is 2.42 bits per heavy atom. The second kappa shape index (κ2) is 6.98. The van der Waals surface area contributed by atoms with Gasteiger partial charge in [-0.05, 0) is 24.1 Å². The van der Waals surface area contributed by atoms with Crippen molar-refractivity contribution < 1.29 is 30.6 Å². The summed E-state index contributed by atoms with van der Waals surface area (Å²) in [5, 5.41) is 2.56. The number of halogens is 3. The summed E-state index contributed by atoms with van der Waals surface area (Å²) in [6.45, 7) is 0.449. The van der Waals surface area contributed by atoms with Gasteiger partial charge in [0, 0.05) is 19.1 Å². The number of nitrogens with zero attached hydrogens (tertiary/aromatic N) is 1. The predicted molar refractivity (Wildman–Crippen MR) is 79.6 cm³/mol. The molecule has 1 N–H and O–H groups in total. The van der Waals surface area contributed by atoms with Crippen LogP contribution in [0.4, 0.5) is 18.0 Å².